The molecule has 1 saturated carbocycles. The molecule has 10 heteroatoms. The molecule has 0 radical (unpaired) electrons. The van der Waals surface area contributed by atoms with Crippen LogP contribution in [0.1, 0.15) is 47.7 Å². The topological polar surface area (TPSA) is 111 Å². The molecule has 1 aliphatic rings. The van der Waals surface area contributed by atoms with Crippen LogP contribution < -0.4 is 5.32 Å². The minimum absolute atomic E-state index is 0.243. The normalized spacial score (nSPS) is 17.7. The molecule has 33 heavy (non-hydrogen) atoms. The van der Waals surface area contributed by atoms with Crippen molar-refractivity contribution in [2.45, 2.75) is 45.8 Å². The van der Waals surface area contributed by atoms with E-state index >= 15 is 0 Å². The number of rotatable bonds is 7. The highest BCUT2D eigenvalue weighted by Crippen LogP contribution is 2.37. The molecule has 0 atom stereocenters. The molecule has 0 bridgehead atoms. The van der Waals surface area contributed by atoms with E-state index in [-0.39, 0.29) is 18.1 Å². The summed E-state index contributed by atoms with van der Waals surface area (Å²) in [7, 11) is 0. The van der Waals surface area contributed by atoms with Gasteiger partial charge in [-0.25, -0.2) is 4.98 Å². The van der Waals surface area contributed by atoms with Gasteiger partial charge in [0.15, 0.2) is 0 Å². The van der Waals surface area contributed by atoms with E-state index in [4.69, 9.17) is 9.84 Å². The van der Waals surface area contributed by atoms with Crippen LogP contribution in [-0.2, 0) is 4.74 Å². The monoisotopic (exact) mass is 463 g/mol. The van der Waals surface area contributed by atoms with Crippen molar-refractivity contribution in [2.75, 3.05) is 11.9 Å². The van der Waals surface area contributed by atoms with Gasteiger partial charge in [0.2, 0.25) is 0 Å². The summed E-state index contributed by atoms with van der Waals surface area (Å²) in [6.07, 6.45) is 5.68. The van der Waals surface area contributed by atoms with Crippen molar-refractivity contribution >= 4 is 22.9 Å². The molecule has 2 N–H and O–H groups in total. The average Bonchev–Trinajstić information content (AvgIpc) is 3.50. The number of nitrogens with one attached hydrogen (secondary N) is 2. The van der Waals surface area contributed by atoms with E-state index in [1.54, 1.807) is 11.6 Å². The van der Waals surface area contributed by atoms with Gasteiger partial charge in [-0.2, -0.15) is 10.2 Å². The van der Waals surface area contributed by atoms with Crippen molar-refractivity contribution in [1.29, 1.82) is 0 Å². The maximum Gasteiger partial charge on any atom is 0.275 e. The zero-order valence-electron chi connectivity index (χ0n) is 18.7. The minimum Gasteiger partial charge on any atom is -0.378 e. The Balaban J connectivity index is 1.40. The average molecular weight is 464 g/mol. The van der Waals surface area contributed by atoms with Crippen molar-refractivity contribution in [1.82, 2.24) is 29.9 Å². The van der Waals surface area contributed by atoms with Gasteiger partial charge < -0.3 is 10.1 Å². The summed E-state index contributed by atoms with van der Waals surface area (Å²) in [5.41, 5.74) is 5.04. The number of aryl methyl sites for hydroxylation is 2. The zero-order valence-corrected chi connectivity index (χ0v) is 19.5. The number of hydrogen-bond acceptors (Lipinski definition) is 7. The number of hydrogen-bond donors (Lipinski definition) is 2. The lowest BCUT2D eigenvalue weighted by Crippen LogP contribution is -2.33. The fourth-order valence-electron chi connectivity index (χ4n) is 4.03. The van der Waals surface area contributed by atoms with E-state index in [0.717, 1.165) is 34.8 Å². The molecule has 0 spiro atoms. The van der Waals surface area contributed by atoms with Gasteiger partial charge in [0.05, 0.1) is 34.8 Å². The first kappa shape index (κ1) is 21.5. The summed E-state index contributed by atoms with van der Waals surface area (Å²) in [5.74, 6) is -0.283. The minimum atomic E-state index is -0.283. The molecule has 170 valence electrons. The molecule has 9 nitrogen and oxygen atoms in total. The number of ether oxygens (including phenoxy) is 1. The van der Waals surface area contributed by atoms with Crippen LogP contribution in [0.25, 0.3) is 22.0 Å². The maximum atomic E-state index is 13.1. The first-order chi connectivity index (χ1) is 16.0. The fraction of sp³-hybridized carbons (Fsp3) is 0.348. The number of aromatic amines is 1. The van der Waals surface area contributed by atoms with E-state index in [1.165, 1.54) is 11.3 Å². The predicted molar refractivity (Wildman–Crippen MR) is 126 cm³/mol. The Labute approximate surface area is 195 Å². The van der Waals surface area contributed by atoms with Crippen molar-refractivity contribution in [3.63, 3.8) is 0 Å². The number of nitrogens with zero attached hydrogens (tertiary/aromatic N) is 5. The summed E-state index contributed by atoms with van der Waals surface area (Å²) in [4.78, 5) is 22.1. The Bertz CT molecular complexity index is 1250. The van der Waals surface area contributed by atoms with Gasteiger partial charge in [-0.05, 0) is 45.7 Å². The molecule has 1 aliphatic carbocycles. The van der Waals surface area contributed by atoms with Gasteiger partial charge in [0.1, 0.15) is 16.4 Å². The van der Waals surface area contributed by atoms with E-state index in [1.807, 2.05) is 49.8 Å². The number of carbonyl (C=O) groups is 1. The van der Waals surface area contributed by atoms with Gasteiger partial charge in [-0.15, -0.1) is 11.3 Å². The van der Waals surface area contributed by atoms with Crippen LogP contribution in [0.4, 0.5) is 5.69 Å². The lowest BCUT2D eigenvalue weighted by atomic mass is 9.89. The van der Waals surface area contributed by atoms with Crippen LogP contribution >= 0.6 is 11.3 Å². The van der Waals surface area contributed by atoms with Crippen molar-refractivity contribution < 1.29 is 9.53 Å². The van der Waals surface area contributed by atoms with Crippen LogP contribution in [0.15, 0.2) is 36.0 Å². The lowest BCUT2D eigenvalue weighted by molar-refractivity contribution is -0.0226. The number of amides is 1. The van der Waals surface area contributed by atoms with E-state index in [0.29, 0.717) is 29.4 Å². The van der Waals surface area contributed by atoms with Gasteiger partial charge in [0, 0.05) is 30.1 Å². The molecular weight excluding hydrogens is 438 g/mol. The number of pyridine rings is 1. The molecule has 4 aromatic heterocycles. The van der Waals surface area contributed by atoms with Crippen LogP contribution in [0, 0.1) is 13.8 Å². The first-order valence-electron chi connectivity index (χ1n) is 10.9. The summed E-state index contributed by atoms with van der Waals surface area (Å²) in [6, 6.07) is 5.89. The zero-order chi connectivity index (χ0) is 22.9. The van der Waals surface area contributed by atoms with Crippen LogP contribution in [0.2, 0.25) is 0 Å². The Kier molecular flexibility index (Phi) is 5.77. The van der Waals surface area contributed by atoms with E-state index in [2.05, 4.69) is 25.5 Å². The van der Waals surface area contributed by atoms with Gasteiger partial charge in [0.25, 0.3) is 5.91 Å². The fourth-order valence-corrected chi connectivity index (χ4v) is 4.99. The Hall–Kier alpha value is -3.37. The van der Waals surface area contributed by atoms with Crippen molar-refractivity contribution in [3.05, 3.63) is 53.1 Å². The summed E-state index contributed by atoms with van der Waals surface area (Å²) in [6.45, 7) is 6.59. The summed E-state index contributed by atoms with van der Waals surface area (Å²) in [5, 5.41) is 17.5. The molecular formula is C23H25N7O2S. The van der Waals surface area contributed by atoms with Crippen molar-refractivity contribution in [3.8, 4) is 22.0 Å². The second-order valence-corrected chi connectivity index (χ2v) is 8.95. The number of thiazole rings is 1. The second-order valence-electron chi connectivity index (χ2n) is 8.09. The van der Waals surface area contributed by atoms with E-state index in [9.17, 15) is 4.79 Å². The highest BCUT2D eigenvalue weighted by Gasteiger charge is 2.32. The molecule has 0 saturated heterocycles. The molecule has 1 amide bonds. The quantitative estimate of drug-likeness (QED) is 0.420. The number of H-pyrrole nitrogens is 1. The molecule has 1 fully saturated rings. The van der Waals surface area contributed by atoms with Crippen LogP contribution in [0.3, 0.4) is 0 Å². The smallest absolute Gasteiger partial charge is 0.275 e. The third-order valence-corrected chi connectivity index (χ3v) is 6.67. The summed E-state index contributed by atoms with van der Waals surface area (Å²) >= 11 is 1.42. The lowest BCUT2D eigenvalue weighted by Gasteiger charge is -2.34. The largest absolute Gasteiger partial charge is 0.378 e. The number of carbonyl (C=O) groups excluding carboxylic acids is 1. The van der Waals surface area contributed by atoms with Crippen LogP contribution in [0.5, 0.6) is 0 Å². The molecule has 0 aromatic carbocycles. The number of aromatic nitrogens is 6. The Morgan fingerprint density at radius 1 is 1.33 bits per heavy atom. The Morgan fingerprint density at radius 2 is 2.18 bits per heavy atom. The first-order valence-corrected chi connectivity index (χ1v) is 11.8. The molecule has 5 rings (SSSR count). The van der Waals surface area contributed by atoms with Crippen molar-refractivity contribution in [2.24, 2.45) is 0 Å². The van der Waals surface area contributed by atoms with Crippen LogP contribution in [-0.4, -0.2) is 48.6 Å². The summed E-state index contributed by atoms with van der Waals surface area (Å²) < 4.78 is 7.60. The third kappa shape index (κ3) is 4.19. The van der Waals surface area contributed by atoms with Gasteiger partial charge >= 0.3 is 0 Å². The maximum absolute atomic E-state index is 13.1. The Morgan fingerprint density at radius 3 is 2.88 bits per heavy atom. The SMILES string of the molecule is CCOC1CC(n2cc(NC(=O)c3csc(-c4c(C)n[nH]c4C)n3)c(-c3ccccn3)n2)C1. The number of anilines is 1. The molecule has 4 aromatic rings. The molecule has 0 unspecified atom stereocenters. The highest BCUT2D eigenvalue weighted by atomic mass is 32.1. The van der Waals surface area contributed by atoms with Gasteiger partial charge in [-0.3, -0.25) is 19.6 Å². The standard InChI is InChI=1S/C23H25N7O2S/c1-4-32-16-9-15(10-16)30-11-18(21(29-30)17-7-5-6-8-24-17)25-22(31)19-12-33-23(26-19)20-13(2)27-28-14(20)3/h5-8,11-12,15-16H,4,9-10H2,1-3H3,(H,25,31)(H,27,28). The van der Waals surface area contributed by atoms with Gasteiger partial charge in [-0.1, -0.05) is 6.07 Å². The predicted octanol–water partition coefficient (Wildman–Crippen LogP) is 4.40. The highest BCUT2D eigenvalue weighted by molar-refractivity contribution is 7.13. The third-order valence-electron chi connectivity index (χ3n) is 5.81. The second kappa shape index (κ2) is 8.87. The molecule has 0 aliphatic heterocycles. The molecule has 4 heterocycles. The van der Waals surface area contributed by atoms with E-state index < -0.39 is 0 Å².